The van der Waals surface area contributed by atoms with Gasteiger partial charge < -0.3 is 27.4 Å². The maximum Gasteiger partial charge on any atom is 0.200 e. The van der Waals surface area contributed by atoms with Gasteiger partial charge in [0.2, 0.25) is 5.82 Å². The number of benzene rings is 14. The number of rotatable bonds is 7. The predicted octanol–water partition coefficient (Wildman–Crippen LogP) is 22.5. The molecule has 0 saturated carbocycles. The number of hydrogen-bond donors (Lipinski definition) is 0. The van der Waals surface area contributed by atoms with E-state index in [0.717, 1.165) is 109 Å². The Morgan fingerprint density at radius 2 is 0.464 bits per heavy atom. The predicted molar refractivity (Wildman–Crippen MR) is 382 cm³/mol. The van der Waals surface area contributed by atoms with Gasteiger partial charge in [0.25, 0.3) is 0 Å². The number of hydrogen-bond acceptors (Lipinski definition) is 1. The highest BCUT2D eigenvalue weighted by Crippen LogP contribution is 2.48. The Labute approximate surface area is 547 Å². The summed E-state index contributed by atoms with van der Waals surface area (Å²) in [5, 5.41) is 23.9. The number of aromatic nitrogens is 6. The molecule has 0 amide bonds. The van der Waals surface area contributed by atoms with Gasteiger partial charge in [0.05, 0.1) is 83.1 Å². The molecule has 0 aliphatic carbocycles. The van der Waals surface area contributed by atoms with Crippen molar-refractivity contribution in [1.29, 1.82) is 5.26 Å². The fraction of sp³-hybridized carbons (Fsp3) is 0. The summed E-state index contributed by atoms with van der Waals surface area (Å²) in [7, 11) is 0. The third-order valence-corrected chi connectivity index (χ3v) is 20.0. The lowest BCUT2D eigenvalue weighted by atomic mass is 9.96. The monoisotopic (exact) mass is 1260 g/mol. The molecule has 6 heterocycles. The van der Waals surface area contributed by atoms with Gasteiger partial charge in [0.15, 0.2) is 23.3 Å². The second-order valence-corrected chi connectivity index (χ2v) is 24.9. The average Bonchev–Trinajstić information content (AvgIpc) is 1.63. The molecule has 0 spiro atoms. The summed E-state index contributed by atoms with van der Waals surface area (Å²) < 4.78 is 95.6. The minimum absolute atomic E-state index is 0.117. The number of halogens is 5. The summed E-state index contributed by atoms with van der Waals surface area (Å²) in [6.45, 7) is 0. The van der Waals surface area contributed by atoms with E-state index in [0.29, 0.717) is 44.2 Å². The van der Waals surface area contributed by atoms with Crippen LogP contribution in [-0.4, -0.2) is 27.4 Å². The molecule has 0 aliphatic heterocycles. The number of nitrogens with zero attached hydrogens (tertiary/aromatic N) is 7. The van der Waals surface area contributed by atoms with Crippen molar-refractivity contribution in [3.8, 4) is 51.3 Å². The SMILES string of the molecule is N#Cc1c(-n2c3cc(-n4c5ccccc5c5ccccc54)ccc3c3ccc(-n4c5ccccc5c5ccccc54)cc32)ccc(-c2c(F)c(F)c(F)c(F)c2F)c1-n1c2cc(-n3c4ccccc4c4ccccc43)ccc2c2ccc(-n3c4ccccc4c4ccccc43)cc21. The molecule has 0 unspecified atom stereocenters. The highest BCUT2D eigenvalue weighted by atomic mass is 19.2. The Bertz CT molecular complexity index is 6340. The van der Waals surface area contributed by atoms with Crippen molar-refractivity contribution in [2.45, 2.75) is 0 Å². The van der Waals surface area contributed by atoms with Crippen LogP contribution in [0.25, 0.3) is 176 Å². The summed E-state index contributed by atoms with van der Waals surface area (Å²) in [4.78, 5) is 0. The summed E-state index contributed by atoms with van der Waals surface area (Å²) in [6, 6.07) is 95.6. The van der Waals surface area contributed by atoms with Crippen LogP contribution in [-0.2, 0) is 0 Å². The van der Waals surface area contributed by atoms with E-state index < -0.39 is 40.2 Å². The molecule has 0 atom stereocenters. The summed E-state index contributed by atoms with van der Waals surface area (Å²) >= 11 is 0. The maximum atomic E-state index is 17.4. The molecule has 97 heavy (non-hydrogen) atoms. The molecule has 7 nitrogen and oxygen atoms in total. The first-order valence-corrected chi connectivity index (χ1v) is 31.9. The van der Waals surface area contributed by atoms with Crippen LogP contribution < -0.4 is 0 Å². The van der Waals surface area contributed by atoms with E-state index in [9.17, 15) is 5.26 Å². The first-order chi connectivity index (χ1) is 47.7. The van der Waals surface area contributed by atoms with Gasteiger partial charge in [-0.05, 0) is 109 Å². The van der Waals surface area contributed by atoms with Crippen LogP contribution in [0.4, 0.5) is 22.0 Å². The molecule has 14 aromatic carbocycles. The summed E-state index contributed by atoms with van der Waals surface area (Å²) in [5.74, 6) is -10.6. The molecular weight excluding hydrogens is 1210 g/mol. The second-order valence-electron chi connectivity index (χ2n) is 24.9. The van der Waals surface area contributed by atoms with E-state index in [-0.39, 0.29) is 16.9 Å². The van der Waals surface area contributed by atoms with Gasteiger partial charge in [-0.1, -0.05) is 170 Å². The van der Waals surface area contributed by atoms with Crippen LogP contribution >= 0.6 is 0 Å². The molecule has 12 heteroatoms. The van der Waals surface area contributed by atoms with Crippen LogP contribution in [0.15, 0.2) is 279 Å². The van der Waals surface area contributed by atoms with Crippen LogP contribution in [0, 0.1) is 40.4 Å². The minimum atomic E-state index is -2.30. The Morgan fingerprint density at radius 3 is 0.732 bits per heavy atom. The number of fused-ring (bicyclic) bond motifs is 18. The maximum absolute atomic E-state index is 17.4. The van der Waals surface area contributed by atoms with E-state index in [1.54, 1.807) is 10.6 Å². The zero-order valence-electron chi connectivity index (χ0n) is 51.1. The second kappa shape index (κ2) is 20.3. The van der Waals surface area contributed by atoms with Crippen LogP contribution in [0.5, 0.6) is 0 Å². The van der Waals surface area contributed by atoms with Crippen LogP contribution in [0.1, 0.15) is 5.56 Å². The largest absolute Gasteiger partial charge is 0.309 e. The van der Waals surface area contributed by atoms with E-state index in [1.807, 2.05) is 138 Å². The summed E-state index contributed by atoms with van der Waals surface area (Å²) in [6.07, 6.45) is 0. The van der Waals surface area contributed by atoms with Crippen molar-refractivity contribution in [1.82, 2.24) is 27.4 Å². The van der Waals surface area contributed by atoms with Crippen molar-refractivity contribution >= 4 is 131 Å². The van der Waals surface area contributed by atoms with Crippen molar-refractivity contribution < 1.29 is 22.0 Å². The molecule has 20 rings (SSSR count). The van der Waals surface area contributed by atoms with E-state index in [2.05, 4.69) is 158 Å². The normalized spacial score (nSPS) is 12.2. The molecule has 0 fully saturated rings. The molecular formula is C85H46F5N7. The smallest absolute Gasteiger partial charge is 0.200 e. The third-order valence-electron chi connectivity index (χ3n) is 20.0. The molecule has 6 aromatic heterocycles. The van der Waals surface area contributed by atoms with Gasteiger partial charge in [0.1, 0.15) is 11.6 Å². The molecule has 20 aromatic rings. The topological polar surface area (TPSA) is 53.4 Å². The number of para-hydroxylation sites is 8. The highest BCUT2D eigenvalue weighted by Gasteiger charge is 2.33. The fourth-order valence-corrected chi connectivity index (χ4v) is 16.0. The Balaban J connectivity index is 0.960. The Morgan fingerprint density at radius 1 is 0.227 bits per heavy atom. The lowest BCUT2D eigenvalue weighted by molar-refractivity contribution is 0.381. The third kappa shape index (κ3) is 7.47. The van der Waals surface area contributed by atoms with Gasteiger partial charge in [-0.2, -0.15) is 5.26 Å². The van der Waals surface area contributed by atoms with Gasteiger partial charge >= 0.3 is 0 Å². The van der Waals surface area contributed by atoms with Gasteiger partial charge in [-0.15, -0.1) is 0 Å². The zero-order valence-corrected chi connectivity index (χ0v) is 51.1. The van der Waals surface area contributed by atoms with Crippen LogP contribution in [0.2, 0.25) is 0 Å². The zero-order chi connectivity index (χ0) is 64.6. The first kappa shape index (κ1) is 54.6. The molecule has 0 N–H and O–H groups in total. The van der Waals surface area contributed by atoms with Crippen molar-refractivity contribution in [3.05, 3.63) is 314 Å². The van der Waals surface area contributed by atoms with Gasteiger partial charge in [-0.25, -0.2) is 22.0 Å². The Kier molecular flexibility index (Phi) is 11.4. The standard InChI is InChI=1S/C85H46F5N7/c86-80-79(81(87)83(89)84(90)82(80)88)64-41-42-74(96-75-43-48(92-66-25-9-1-17-52(66)53-18-2-10-26-67(53)92)33-37-60(75)61-38-34-49(44-76(61)96)93-68-27-11-3-19-54(68)55-20-4-12-28-69(55)93)65(47-91)85(64)97-77-45-50(94-70-29-13-5-21-56(70)57-22-6-14-30-71(57)94)35-39-62(77)63-40-36-51(46-78(63)97)95-72-31-15-7-23-58(72)59-24-8-16-32-73(59)95/h1-46H. The van der Waals surface area contributed by atoms with Crippen molar-refractivity contribution in [2.24, 2.45) is 0 Å². The lowest BCUT2D eigenvalue weighted by Gasteiger charge is -2.21. The lowest BCUT2D eigenvalue weighted by Crippen LogP contribution is -2.10. The molecule has 0 saturated heterocycles. The first-order valence-electron chi connectivity index (χ1n) is 31.9. The molecule has 456 valence electrons. The minimum Gasteiger partial charge on any atom is -0.309 e. The van der Waals surface area contributed by atoms with Crippen LogP contribution in [0.3, 0.4) is 0 Å². The fourth-order valence-electron chi connectivity index (χ4n) is 16.0. The molecule has 0 aliphatic rings. The quantitative estimate of drug-likeness (QED) is 0.0891. The van der Waals surface area contributed by atoms with E-state index in [1.165, 1.54) is 6.07 Å². The van der Waals surface area contributed by atoms with E-state index in [4.69, 9.17) is 0 Å². The highest BCUT2D eigenvalue weighted by molar-refractivity contribution is 6.17. The van der Waals surface area contributed by atoms with Gasteiger partial charge in [-0.3, -0.25) is 0 Å². The van der Waals surface area contributed by atoms with Crippen molar-refractivity contribution in [2.75, 3.05) is 0 Å². The van der Waals surface area contributed by atoms with Gasteiger partial charge in [0, 0.05) is 92.9 Å². The number of nitriles is 1. The van der Waals surface area contributed by atoms with E-state index >= 15 is 22.0 Å². The summed E-state index contributed by atoms with van der Waals surface area (Å²) in [5.41, 5.74) is 11.3. The molecule has 0 radical (unpaired) electrons. The molecule has 0 bridgehead atoms. The van der Waals surface area contributed by atoms with Crippen molar-refractivity contribution in [3.63, 3.8) is 0 Å². The average molecular weight is 1260 g/mol. The Hall–Kier alpha value is -13.0.